The molecule has 1 fully saturated rings. The minimum atomic E-state index is -0.891. The Morgan fingerprint density at radius 1 is 1.21 bits per heavy atom. The smallest absolute Gasteiger partial charge is 0.255 e. The van der Waals surface area contributed by atoms with E-state index >= 15 is 0 Å². The van der Waals surface area contributed by atoms with Crippen molar-refractivity contribution < 1.29 is 23.9 Å². The van der Waals surface area contributed by atoms with Crippen LogP contribution in [0.5, 0.6) is 0 Å². The molecule has 2 aromatic carbocycles. The van der Waals surface area contributed by atoms with Crippen LogP contribution in [0.1, 0.15) is 47.4 Å². The fourth-order valence-electron chi connectivity index (χ4n) is 5.48. The molecule has 8 nitrogen and oxygen atoms in total. The number of rotatable bonds is 7. The summed E-state index contributed by atoms with van der Waals surface area (Å²) in [6, 6.07) is 10.4. The molecule has 2 unspecified atom stereocenters. The molecule has 2 aliphatic rings. The van der Waals surface area contributed by atoms with Gasteiger partial charge in [0.05, 0.1) is 22.2 Å². The number of carbonyl (C=O) groups excluding carboxylic acids is 3. The van der Waals surface area contributed by atoms with Gasteiger partial charge in [0.15, 0.2) is 0 Å². The number of thiazole rings is 1. The second kappa shape index (κ2) is 10.9. The van der Waals surface area contributed by atoms with Crippen molar-refractivity contribution in [2.75, 3.05) is 6.54 Å². The van der Waals surface area contributed by atoms with E-state index in [0.717, 1.165) is 16.1 Å². The van der Waals surface area contributed by atoms with Crippen LogP contribution >= 0.6 is 11.3 Å². The summed E-state index contributed by atoms with van der Waals surface area (Å²) in [7, 11) is 0. The van der Waals surface area contributed by atoms with Crippen LogP contribution < -0.4 is 5.32 Å². The molecule has 204 valence electrons. The lowest BCUT2D eigenvalue weighted by molar-refractivity contribution is -0.143. The van der Waals surface area contributed by atoms with Crippen molar-refractivity contribution in [2.45, 2.75) is 58.5 Å². The molecule has 5 rings (SSSR count). The predicted molar refractivity (Wildman–Crippen MR) is 145 cm³/mol. The maximum absolute atomic E-state index is 14.8. The summed E-state index contributed by atoms with van der Waals surface area (Å²) in [4.78, 5) is 48.1. The van der Waals surface area contributed by atoms with E-state index in [2.05, 4.69) is 10.3 Å². The molecule has 3 atom stereocenters. The van der Waals surface area contributed by atoms with E-state index in [1.807, 2.05) is 32.9 Å². The van der Waals surface area contributed by atoms with Gasteiger partial charge in [0.2, 0.25) is 11.8 Å². The van der Waals surface area contributed by atoms with Gasteiger partial charge in [-0.2, -0.15) is 0 Å². The molecule has 0 radical (unpaired) electrons. The van der Waals surface area contributed by atoms with Gasteiger partial charge in [0.1, 0.15) is 17.9 Å². The maximum atomic E-state index is 14.8. The predicted octanol–water partition coefficient (Wildman–Crippen LogP) is 3.52. The molecular weight excluding hydrogens is 519 g/mol. The Hall–Kier alpha value is -3.63. The molecule has 0 bridgehead atoms. The number of aryl methyl sites for hydroxylation is 1. The molecule has 0 aliphatic carbocycles. The molecule has 1 aromatic heterocycles. The van der Waals surface area contributed by atoms with Gasteiger partial charge in [-0.3, -0.25) is 14.4 Å². The van der Waals surface area contributed by atoms with Crippen LogP contribution in [0.3, 0.4) is 0 Å². The first-order valence-corrected chi connectivity index (χ1v) is 13.9. The number of carbonyl (C=O) groups is 3. The van der Waals surface area contributed by atoms with Gasteiger partial charge in [-0.25, -0.2) is 9.37 Å². The van der Waals surface area contributed by atoms with Crippen molar-refractivity contribution in [2.24, 2.45) is 5.92 Å². The summed E-state index contributed by atoms with van der Waals surface area (Å²) < 4.78 is 14.8. The number of fused-ring (bicyclic) bond motifs is 1. The van der Waals surface area contributed by atoms with Crippen LogP contribution in [-0.2, 0) is 22.7 Å². The fourth-order valence-corrected chi connectivity index (χ4v) is 6.31. The average Bonchev–Trinajstić information content (AvgIpc) is 3.60. The van der Waals surface area contributed by atoms with Crippen LogP contribution in [0.4, 0.5) is 4.39 Å². The van der Waals surface area contributed by atoms with E-state index in [4.69, 9.17) is 0 Å². The molecule has 3 aromatic rings. The lowest BCUT2D eigenvalue weighted by Crippen LogP contribution is -2.55. The zero-order valence-corrected chi connectivity index (χ0v) is 22.9. The minimum absolute atomic E-state index is 0.00659. The zero-order chi connectivity index (χ0) is 27.8. The molecule has 10 heteroatoms. The first kappa shape index (κ1) is 27.0. The summed E-state index contributed by atoms with van der Waals surface area (Å²) in [5.41, 5.74) is 4.89. The number of β-amino-alcohol motifs (C(OH)–C–C–N with tert-alkyl or cyclic N) is 1. The third kappa shape index (κ3) is 5.18. The highest BCUT2D eigenvalue weighted by atomic mass is 32.1. The lowest BCUT2D eigenvalue weighted by Gasteiger charge is -2.35. The van der Waals surface area contributed by atoms with Crippen molar-refractivity contribution in [3.63, 3.8) is 0 Å². The minimum Gasteiger partial charge on any atom is -0.391 e. The van der Waals surface area contributed by atoms with E-state index < -0.39 is 29.9 Å². The van der Waals surface area contributed by atoms with Gasteiger partial charge in [-0.05, 0) is 36.1 Å². The number of hydrogen-bond donors (Lipinski definition) is 2. The molecule has 39 heavy (non-hydrogen) atoms. The maximum Gasteiger partial charge on any atom is 0.255 e. The molecule has 2 N–H and O–H groups in total. The Labute approximate surface area is 230 Å². The Morgan fingerprint density at radius 3 is 2.64 bits per heavy atom. The zero-order valence-electron chi connectivity index (χ0n) is 22.1. The van der Waals surface area contributed by atoms with Gasteiger partial charge in [0.25, 0.3) is 5.91 Å². The number of halogens is 1. The van der Waals surface area contributed by atoms with Crippen molar-refractivity contribution >= 4 is 29.1 Å². The standard InChI is InChI=1S/C29H31FN4O4S/c1-16(2)25(34-13-19-6-4-5-7-21(19)28(34)37)29(38)33-14-20(35)11-24(33)27(36)31-12-18-8-9-22(23(30)10-18)26-17(3)32-15-39-26/h4-10,15-16,20,24-25,35H,11-14H2,1-3H3,(H,31,36)/t20?,24?,25-/m0/s1. The summed E-state index contributed by atoms with van der Waals surface area (Å²) in [6.45, 7) is 5.95. The monoisotopic (exact) mass is 550 g/mol. The Bertz CT molecular complexity index is 1420. The van der Waals surface area contributed by atoms with E-state index in [0.29, 0.717) is 23.2 Å². The molecule has 3 heterocycles. The molecule has 2 aliphatic heterocycles. The van der Waals surface area contributed by atoms with Crippen molar-refractivity contribution in [3.05, 3.63) is 76.2 Å². The third-order valence-corrected chi connectivity index (χ3v) is 8.39. The number of nitrogens with zero attached hydrogens (tertiary/aromatic N) is 3. The number of amides is 3. The molecule has 0 saturated carbocycles. The Balaban J connectivity index is 1.29. The van der Waals surface area contributed by atoms with Crippen LogP contribution in [0.15, 0.2) is 48.0 Å². The van der Waals surface area contributed by atoms with Crippen LogP contribution in [0, 0.1) is 18.7 Å². The quantitative estimate of drug-likeness (QED) is 0.469. The first-order valence-electron chi connectivity index (χ1n) is 13.0. The van der Waals surface area contributed by atoms with Crippen molar-refractivity contribution in [1.82, 2.24) is 20.1 Å². The van der Waals surface area contributed by atoms with E-state index in [1.165, 1.54) is 22.3 Å². The number of aromatic nitrogens is 1. The van der Waals surface area contributed by atoms with Crippen LogP contribution in [0.2, 0.25) is 0 Å². The molecule has 3 amide bonds. The largest absolute Gasteiger partial charge is 0.391 e. The molecule has 1 saturated heterocycles. The number of hydrogen-bond acceptors (Lipinski definition) is 6. The SMILES string of the molecule is Cc1ncsc1-c1ccc(CNC(=O)C2CC(O)CN2C(=O)[C@H](C(C)C)N2Cc3ccccc3C2=O)cc1F. The van der Waals surface area contributed by atoms with Gasteiger partial charge in [0, 0.05) is 37.2 Å². The number of likely N-dealkylation sites (tertiary alicyclic amines) is 1. The number of aliphatic hydroxyl groups excluding tert-OH is 1. The first-order chi connectivity index (χ1) is 18.7. The van der Waals surface area contributed by atoms with Gasteiger partial charge in [-0.15, -0.1) is 11.3 Å². The molecular formula is C29H31FN4O4S. The van der Waals surface area contributed by atoms with Gasteiger partial charge >= 0.3 is 0 Å². The summed E-state index contributed by atoms with van der Waals surface area (Å²) in [6.07, 6.45) is -0.766. The van der Waals surface area contributed by atoms with Gasteiger partial charge in [-0.1, -0.05) is 44.2 Å². The van der Waals surface area contributed by atoms with E-state index in [9.17, 15) is 23.9 Å². The highest BCUT2D eigenvalue weighted by molar-refractivity contribution is 7.13. The topological polar surface area (TPSA) is 103 Å². The lowest BCUT2D eigenvalue weighted by atomic mass is 10.0. The van der Waals surface area contributed by atoms with Crippen molar-refractivity contribution in [3.8, 4) is 10.4 Å². The number of benzene rings is 2. The highest BCUT2D eigenvalue weighted by Gasteiger charge is 2.45. The second-order valence-corrected chi connectivity index (χ2v) is 11.3. The third-order valence-electron chi connectivity index (χ3n) is 7.42. The Morgan fingerprint density at radius 2 is 1.97 bits per heavy atom. The van der Waals surface area contributed by atoms with Crippen molar-refractivity contribution in [1.29, 1.82) is 0 Å². The van der Waals surface area contributed by atoms with Crippen LogP contribution in [0.25, 0.3) is 10.4 Å². The van der Waals surface area contributed by atoms with E-state index in [-0.39, 0.29) is 37.2 Å². The molecule has 0 spiro atoms. The summed E-state index contributed by atoms with van der Waals surface area (Å²) >= 11 is 1.36. The summed E-state index contributed by atoms with van der Waals surface area (Å²) in [5, 5.41) is 13.2. The average molecular weight is 551 g/mol. The highest BCUT2D eigenvalue weighted by Crippen LogP contribution is 2.31. The Kier molecular flexibility index (Phi) is 7.51. The summed E-state index contributed by atoms with van der Waals surface area (Å²) in [5.74, 6) is -1.61. The normalized spacial score (nSPS) is 19.5. The van der Waals surface area contributed by atoms with Crippen LogP contribution in [-0.4, -0.2) is 62.3 Å². The van der Waals surface area contributed by atoms with E-state index in [1.54, 1.807) is 34.7 Å². The second-order valence-electron chi connectivity index (χ2n) is 10.5. The van der Waals surface area contributed by atoms with Gasteiger partial charge < -0.3 is 20.2 Å². The fraction of sp³-hybridized carbons (Fsp3) is 0.379. The number of aliphatic hydroxyl groups is 1. The number of nitrogens with one attached hydrogen (secondary N) is 1.